The van der Waals surface area contributed by atoms with Gasteiger partial charge in [0, 0.05) is 25.3 Å². The molecule has 3 nitrogen and oxygen atoms in total. The van der Waals surface area contributed by atoms with Gasteiger partial charge in [-0.2, -0.15) is 0 Å². The third-order valence-electron chi connectivity index (χ3n) is 5.15. The van der Waals surface area contributed by atoms with Crippen LogP contribution >= 0.6 is 0 Å². The molecule has 0 spiro atoms. The molecule has 0 N–H and O–H groups in total. The smallest absolute Gasteiger partial charge is 0.253 e. The fourth-order valence-corrected chi connectivity index (χ4v) is 3.51. The van der Waals surface area contributed by atoms with Gasteiger partial charge in [-0.25, -0.2) is 0 Å². The number of amides is 1. The maximum absolute atomic E-state index is 13.0. The molecular weight excluding hydrogens is 310 g/mol. The van der Waals surface area contributed by atoms with Crippen LogP contribution in [-0.4, -0.2) is 36.6 Å². The molecule has 1 heterocycles. The predicted octanol–water partition coefficient (Wildman–Crippen LogP) is 4.38. The fraction of sp³-hybridized carbons (Fsp3) is 0.409. The van der Waals surface area contributed by atoms with Crippen LogP contribution in [-0.2, 0) is 4.74 Å². The molecule has 130 valence electrons. The highest BCUT2D eigenvalue weighted by molar-refractivity contribution is 5.94. The van der Waals surface area contributed by atoms with Crippen molar-refractivity contribution in [1.29, 1.82) is 0 Å². The maximum Gasteiger partial charge on any atom is 0.253 e. The van der Waals surface area contributed by atoms with Gasteiger partial charge in [0.25, 0.3) is 5.91 Å². The van der Waals surface area contributed by atoms with E-state index >= 15 is 0 Å². The number of hydrogen-bond donors (Lipinski definition) is 0. The summed E-state index contributed by atoms with van der Waals surface area (Å²) in [6.45, 7) is 2.44. The molecule has 0 aromatic heterocycles. The summed E-state index contributed by atoms with van der Waals surface area (Å²) < 4.78 is 5.75. The molecule has 0 bridgehead atoms. The van der Waals surface area contributed by atoms with Gasteiger partial charge in [-0.05, 0) is 54.9 Å². The van der Waals surface area contributed by atoms with E-state index in [4.69, 9.17) is 4.74 Å². The number of hydrogen-bond acceptors (Lipinski definition) is 2. The highest BCUT2D eigenvalue weighted by Crippen LogP contribution is 2.31. The minimum atomic E-state index is 0.141. The van der Waals surface area contributed by atoms with Crippen LogP contribution in [0.1, 0.15) is 36.0 Å². The molecule has 1 saturated heterocycles. The Balaban J connectivity index is 1.48. The van der Waals surface area contributed by atoms with Gasteiger partial charge in [0.1, 0.15) is 0 Å². The zero-order valence-corrected chi connectivity index (χ0v) is 14.6. The highest BCUT2D eigenvalue weighted by atomic mass is 16.5. The van der Waals surface area contributed by atoms with Crippen molar-refractivity contribution in [3.8, 4) is 11.1 Å². The van der Waals surface area contributed by atoms with E-state index in [2.05, 4.69) is 12.1 Å². The first-order valence-corrected chi connectivity index (χ1v) is 9.36. The molecule has 1 atom stereocenters. The second-order valence-corrected chi connectivity index (χ2v) is 7.23. The number of carbonyl (C=O) groups is 1. The van der Waals surface area contributed by atoms with Gasteiger partial charge in [0.2, 0.25) is 0 Å². The predicted molar refractivity (Wildman–Crippen MR) is 99.5 cm³/mol. The summed E-state index contributed by atoms with van der Waals surface area (Å²) in [5.41, 5.74) is 3.10. The SMILES string of the molecule is O=C(c1ccc(-c2ccccc2)cc1)N(CC1CC1)CC1CCCO1. The van der Waals surface area contributed by atoms with E-state index in [9.17, 15) is 4.79 Å². The first kappa shape index (κ1) is 16.3. The van der Waals surface area contributed by atoms with Crippen LogP contribution in [0.5, 0.6) is 0 Å². The molecule has 0 radical (unpaired) electrons. The maximum atomic E-state index is 13.0. The van der Waals surface area contributed by atoms with Gasteiger partial charge in [0.05, 0.1) is 6.10 Å². The monoisotopic (exact) mass is 335 g/mol. The molecule has 1 aliphatic carbocycles. The lowest BCUT2D eigenvalue weighted by Crippen LogP contribution is -2.38. The molecule has 3 heteroatoms. The molecule has 1 amide bonds. The van der Waals surface area contributed by atoms with Crippen molar-refractivity contribution in [2.24, 2.45) is 5.92 Å². The highest BCUT2D eigenvalue weighted by Gasteiger charge is 2.30. The van der Waals surface area contributed by atoms with Gasteiger partial charge in [-0.3, -0.25) is 4.79 Å². The van der Waals surface area contributed by atoms with E-state index in [0.717, 1.165) is 43.7 Å². The topological polar surface area (TPSA) is 29.5 Å². The van der Waals surface area contributed by atoms with Gasteiger partial charge >= 0.3 is 0 Å². The zero-order chi connectivity index (χ0) is 17.1. The number of ether oxygens (including phenoxy) is 1. The summed E-state index contributed by atoms with van der Waals surface area (Å²) in [7, 11) is 0. The summed E-state index contributed by atoms with van der Waals surface area (Å²) in [6.07, 6.45) is 4.90. The van der Waals surface area contributed by atoms with E-state index in [1.807, 2.05) is 47.4 Å². The van der Waals surface area contributed by atoms with E-state index in [1.165, 1.54) is 18.4 Å². The first-order chi connectivity index (χ1) is 12.3. The average molecular weight is 335 g/mol. The van der Waals surface area contributed by atoms with Crippen LogP contribution in [0, 0.1) is 5.92 Å². The van der Waals surface area contributed by atoms with E-state index in [1.54, 1.807) is 0 Å². The Kier molecular flexibility index (Phi) is 4.84. The molecule has 2 aromatic rings. The normalized spacial score (nSPS) is 19.8. The molecule has 1 unspecified atom stereocenters. The number of nitrogens with zero attached hydrogens (tertiary/aromatic N) is 1. The van der Waals surface area contributed by atoms with Crippen LogP contribution in [0.25, 0.3) is 11.1 Å². The standard InChI is InChI=1S/C22H25NO2/c24-22(23(15-17-8-9-17)16-21-7-4-14-25-21)20-12-10-19(11-13-20)18-5-2-1-3-6-18/h1-3,5-6,10-13,17,21H,4,7-9,14-16H2. The third-order valence-corrected chi connectivity index (χ3v) is 5.15. The van der Waals surface area contributed by atoms with Crippen molar-refractivity contribution in [3.63, 3.8) is 0 Å². The van der Waals surface area contributed by atoms with Gasteiger partial charge in [0.15, 0.2) is 0 Å². The Morgan fingerprint density at radius 2 is 1.64 bits per heavy atom. The van der Waals surface area contributed by atoms with Crippen molar-refractivity contribution in [2.45, 2.75) is 31.8 Å². The second-order valence-electron chi connectivity index (χ2n) is 7.23. The van der Waals surface area contributed by atoms with Crippen molar-refractivity contribution in [1.82, 2.24) is 4.90 Å². The van der Waals surface area contributed by atoms with Crippen LogP contribution in [0.15, 0.2) is 54.6 Å². The Morgan fingerprint density at radius 3 is 2.28 bits per heavy atom. The summed E-state index contributed by atoms with van der Waals surface area (Å²) in [5.74, 6) is 0.830. The Bertz CT molecular complexity index is 701. The van der Waals surface area contributed by atoms with Crippen LogP contribution in [0.3, 0.4) is 0 Å². The minimum Gasteiger partial charge on any atom is -0.376 e. The van der Waals surface area contributed by atoms with Gasteiger partial charge in [-0.1, -0.05) is 42.5 Å². The quantitative estimate of drug-likeness (QED) is 0.784. The van der Waals surface area contributed by atoms with Crippen LogP contribution < -0.4 is 0 Å². The number of rotatable bonds is 6. The molecule has 1 aliphatic heterocycles. The first-order valence-electron chi connectivity index (χ1n) is 9.36. The third kappa shape index (κ3) is 4.10. The lowest BCUT2D eigenvalue weighted by atomic mass is 10.0. The minimum absolute atomic E-state index is 0.141. The summed E-state index contributed by atoms with van der Waals surface area (Å²) in [6, 6.07) is 18.3. The van der Waals surface area contributed by atoms with Crippen LogP contribution in [0.2, 0.25) is 0 Å². The lowest BCUT2D eigenvalue weighted by Gasteiger charge is -2.25. The summed E-state index contributed by atoms with van der Waals surface area (Å²) >= 11 is 0. The van der Waals surface area contributed by atoms with Gasteiger partial charge in [-0.15, -0.1) is 0 Å². The molecule has 2 fully saturated rings. The van der Waals surface area contributed by atoms with Crippen molar-refractivity contribution in [3.05, 3.63) is 60.2 Å². The molecule has 1 saturated carbocycles. The zero-order valence-electron chi connectivity index (χ0n) is 14.6. The largest absolute Gasteiger partial charge is 0.376 e. The Labute approximate surface area is 149 Å². The summed E-state index contributed by atoms with van der Waals surface area (Å²) in [5, 5.41) is 0. The van der Waals surface area contributed by atoms with Crippen molar-refractivity contribution in [2.75, 3.05) is 19.7 Å². The average Bonchev–Trinajstić information content (AvgIpc) is 3.34. The van der Waals surface area contributed by atoms with Crippen LogP contribution in [0.4, 0.5) is 0 Å². The van der Waals surface area contributed by atoms with Crippen molar-refractivity contribution >= 4 is 5.91 Å². The van der Waals surface area contributed by atoms with E-state index < -0.39 is 0 Å². The second kappa shape index (κ2) is 7.40. The van der Waals surface area contributed by atoms with Gasteiger partial charge < -0.3 is 9.64 Å². The molecule has 2 aromatic carbocycles. The van der Waals surface area contributed by atoms with E-state index in [-0.39, 0.29) is 12.0 Å². The Morgan fingerprint density at radius 1 is 0.920 bits per heavy atom. The molecular formula is C22H25NO2. The lowest BCUT2D eigenvalue weighted by molar-refractivity contribution is 0.0515. The molecule has 25 heavy (non-hydrogen) atoms. The summed E-state index contributed by atoms with van der Waals surface area (Å²) in [4.78, 5) is 15.0. The van der Waals surface area contributed by atoms with Crippen molar-refractivity contribution < 1.29 is 9.53 Å². The molecule has 4 rings (SSSR count). The number of carbonyl (C=O) groups excluding carboxylic acids is 1. The van der Waals surface area contributed by atoms with E-state index in [0.29, 0.717) is 5.92 Å². The number of benzene rings is 2. The molecule has 2 aliphatic rings. The fourth-order valence-electron chi connectivity index (χ4n) is 3.51. The Hall–Kier alpha value is -2.13.